The maximum absolute atomic E-state index is 13.8. The van der Waals surface area contributed by atoms with E-state index in [9.17, 15) is 14.0 Å². The third-order valence-corrected chi connectivity index (χ3v) is 7.74. The smallest absolute Gasteiger partial charge is 0.338 e. The Morgan fingerprint density at radius 2 is 2.22 bits per heavy atom. The number of aliphatic imine (C=N–C) groups is 1. The molecule has 5 rings (SSSR count). The zero-order chi connectivity index (χ0) is 25.4. The lowest BCUT2D eigenvalue weighted by molar-refractivity contribution is -0.136. The Hall–Kier alpha value is -2.86. The number of ether oxygens (including phenoxy) is 2. The van der Waals surface area contributed by atoms with Gasteiger partial charge in [-0.05, 0) is 18.6 Å². The number of carbonyl (C=O) groups is 2. The molecule has 3 aliphatic rings. The summed E-state index contributed by atoms with van der Waals surface area (Å²) in [5.74, 6) is -0.664. The largest absolute Gasteiger partial charge is 0.466 e. The third-order valence-electron chi connectivity index (χ3n) is 6.64. The van der Waals surface area contributed by atoms with Gasteiger partial charge in [-0.3, -0.25) is 14.7 Å². The van der Waals surface area contributed by atoms with Crippen molar-refractivity contribution in [2.24, 2.45) is 4.99 Å². The number of amidine groups is 1. The zero-order valence-electron chi connectivity index (χ0n) is 19.7. The van der Waals surface area contributed by atoms with Gasteiger partial charge in [0.25, 0.3) is 0 Å². The van der Waals surface area contributed by atoms with Gasteiger partial charge in [-0.1, -0.05) is 17.7 Å². The Morgan fingerprint density at radius 1 is 1.39 bits per heavy atom. The molecule has 1 aromatic carbocycles. The highest BCUT2D eigenvalue weighted by Gasteiger charge is 2.46. The number of halogens is 2. The number of nitrogens with zero attached hydrogens (tertiary/aromatic N) is 3. The fraction of sp³-hybridized carbons (Fsp3) is 0.417. The lowest BCUT2D eigenvalue weighted by atomic mass is 9.95. The van der Waals surface area contributed by atoms with Crippen LogP contribution in [0.25, 0.3) is 0 Å². The minimum atomic E-state index is -0.828. The number of aromatic nitrogens is 1. The number of methoxy groups -OCH3 is 1. The fourth-order valence-electron chi connectivity index (χ4n) is 5.10. The Bertz CT molecular complexity index is 1240. The Kier molecular flexibility index (Phi) is 7.07. The van der Waals surface area contributed by atoms with Crippen molar-refractivity contribution >= 4 is 40.6 Å². The molecule has 3 aliphatic heterocycles. The van der Waals surface area contributed by atoms with Crippen molar-refractivity contribution in [2.45, 2.75) is 37.5 Å². The number of rotatable bonds is 6. The number of hydrogen-bond donors (Lipinski definition) is 2. The highest BCUT2D eigenvalue weighted by atomic mass is 35.5. The van der Waals surface area contributed by atoms with Gasteiger partial charge in [0.2, 0.25) is 5.91 Å². The van der Waals surface area contributed by atoms with E-state index in [2.05, 4.69) is 20.5 Å². The summed E-state index contributed by atoms with van der Waals surface area (Å²) in [7, 11) is 1.31. The van der Waals surface area contributed by atoms with Gasteiger partial charge in [0.1, 0.15) is 11.9 Å². The maximum atomic E-state index is 13.8. The molecule has 2 aromatic rings. The van der Waals surface area contributed by atoms with Crippen molar-refractivity contribution in [1.82, 2.24) is 20.5 Å². The molecule has 0 radical (unpaired) electrons. The van der Waals surface area contributed by atoms with Crippen LogP contribution in [-0.2, 0) is 19.1 Å². The molecule has 4 atom stereocenters. The summed E-state index contributed by atoms with van der Waals surface area (Å²) in [6.07, 6.45) is 2.41. The highest BCUT2D eigenvalue weighted by molar-refractivity contribution is 7.11. The van der Waals surface area contributed by atoms with Crippen LogP contribution in [0.3, 0.4) is 0 Å². The first-order chi connectivity index (χ1) is 17.4. The number of amides is 1. The van der Waals surface area contributed by atoms with Crippen LogP contribution in [0, 0.1) is 5.82 Å². The van der Waals surface area contributed by atoms with Crippen LogP contribution in [0.5, 0.6) is 0 Å². The van der Waals surface area contributed by atoms with Crippen molar-refractivity contribution in [3.05, 3.63) is 62.5 Å². The first-order valence-corrected chi connectivity index (χ1v) is 12.7. The van der Waals surface area contributed by atoms with Crippen LogP contribution in [-0.4, -0.2) is 72.6 Å². The predicted octanol–water partition coefficient (Wildman–Crippen LogP) is 2.43. The lowest BCUT2D eigenvalue weighted by Crippen LogP contribution is -2.53. The summed E-state index contributed by atoms with van der Waals surface area (Å²) in [6.45, 7) is 2.85. The van der Waals surface area contributed by atoms with Crippen LogP contribution < -0.4 is 10.6 Å². The van der Waals surface area contributed by atoms with E-state index in [1.54, 1.807) is 6.20 Å². The van der Waals surface area contributed by atoms with Crippen LogP contribution in [0.1, 0.15) is 30.0 Å². The second-order valence-corrected chi connectivity index (χ2v) is 10.2. The molecule has 12 heteroatoms. The normalized spacial score (nSPS) is 25.8. The van der Waals surface area contributed by atoms with E-state index in [-0.39, 0.29) is 34.6 Å². The average Bonchev–Trinajstić information content (AvgIpc) is 3.43. The number of nitrogens with one attached hydrogen (secondary N) is 2. The second kappa shape index (κ2) is 10.3. The molecule has 36 heavy (non-hydrogen) atoms. The van der Waals surface area contributed by atoms with Gasteiger partial charge < -0.3 is 20.1 Å². The van der Waals surface area contributed by atoms with Crippen molar-refractivity contribution in [3.8, 4) is 0 Å². The standard InChI is InChI=1S/C24H25ClFN5O4S/c1-12(32)28-17-8-14-10-35-11-19(17)31(14)9-18-20(24(33)34-2)21(15-4-3-13(26)7-16(15)25)30-22(29-18)23-27-5-6-36-23/h3-7,14,17,19,21H,8-11H2,1-2H3,(H,28,32)(H,29,30)/t14?,17?,19?,21-/m0/s1. The molecular weight excluding hydrogens is 509 g/mol. The van der Waals surface area contributed by atoms with Gasteiger partial charge in [-0.2, -0.15) is 0 Å². The molecule has 0 aliphatic carbocycles. The Morgan fingerprint density at radius 3 is 2.92 bits per heavy atom. The number of fused-ring (bicyclic) bond motifs is 2. The van der Waals surface area contributed by atoms with Crippen LogP contribution in [0.15, 0.2) is 46.0 Å². The summed E-state index contributed by atoms with van der Waals surface area (Å²) in [6, 6.07) is 3.13. The predicted molar refractivity (Wildman–Crippen MR) is 132 cm³/mol. The van der Waals surface area contributed by atoms with Crippen molar-refractivity contribution in [3.63, 3.8) is 0 Å². The van der Waals surface area contributed by atoms with Crippen LogP contribution >= 0.6 is 22.9 Å². The molecule has 1 amide bonds. The van der Waals surface area contributed by atoms with E-state index >= 15 is 0 Å². The molecule has 2 bridgehead atoms. The molecule has 190 valence electrons. The number of hydrogen-bond acceptors (Lipinski definition) is 9. The zero-order valence-corrected chi connectivity index (χ0v) is 21.2. The quantitative estimate of drug-likeness (QED) is 0.549. The van der Waals surface area contributed by atoms with Gasteiger partial charge >= 0.3 is 5.97 Å². The highest BCUT2D eigenvalue weighted by Crippen LogP contribution is 2.38. The number of thiazole rings is 1. The number of morpholine rings is 1. The molecule has 2 saturated heterocycles. The van der Waals surface area contributed by atoms with Gasteiger partial charge in [0.15, 0.2) is 10.8 Å². The molecule has 0 saturated carbocycles. The van der Waals surface area contributed by atoms with Gasteiger partial charge in [0, 0.05) is 53.4 Å². The minimum absolute atomic E-state index is 0.0591. The molecular formula is C24H25ClFN5O4S. The molecule has 1 aromatic heterocycles. The topological polar surface area (TPSA) is 105 Å². The van der Waals surface area contributed by atoms with Crippen LogP contribution in [0.4, 0.5) is 4.39 Å². The maximum Gasteiger partial charge on any atom is 0.338 e. The molecule has 0 spiro atoms. The average molecular weight is 534 g/mol. The Labute approximate surface area is 216 Å². The van der Waals surface area contributed by atoms with E-state index in [1.165, 1.54) is 43.6 Å². The molecule has 3 unspecified atom stereocenters. The van der Waals surface area contributed by atoms with E-state index < -0.39 is 17.8 Å². The minimum Gasteiger partial charge on any atom is -0.466 e. The third kappa shape index (κ3) is 4.75. The number of esters is 1. The molecule has 9 nitrogen and oxygen atoms in total. The summed E-state index contributed by atoms with van der Waals surface area (Å²) in [5, 5.41) is 8.97. The first-order valence-electron chi connectivity index (χ1n) is 11.5. The SMILES string of the molecule is COC(=O)C1=C(CN2C3COCC2C(NC(C)=O)C3)NC(c2nccs2)=N[C@H]1c1ccc(F)cc1Cl. The van der Waals surface area contributed by atoms with Gasteiger partial charge in [0.05, 0.1) is 31.9 Å². The monoisotopic (exact) mass is 533 g/mol. The van der Waals surface area contributed by atoms with Crippen molar-refractivity contribution in [1.29, 1.82) is 0 Å². The summed E-state index contributed by atoms with van der Waals surface area (Å²) < 4.78 is 24.8. The van der Waals surface area contributed by atoms with Gasteiger partial charge in [-0.15, -0.1) is 11.3 Å². The number of benzene rings is 1. The van der Waals surface area contributed by atoms with Crippen LogP contribution in [0.2, 0.25) is 5.02 Å². The van der Waals surface area contributed by atoms with E-state index in [0.29, 0.717) is 41.9 Å². The van der Waals surface area contributed by atoms with E-state index in [1.807, 2.05) is 5.38 Å². The summed E-state index contributed by atoms with van der Waals surface area (Å²) in [4.78, 5) is 36.3. The van der Waals surface area contributed by atoms with E-state index in [0.717, 1.165) is 6.42 Å². The first kappa shape index (κ1) is 24.8. The van der Waals surface area contributed by atoms with Crippen molar-refractivity contribution < 1.29 is 23.5 Å². The lowest BCUT2D eigenvalue weighted by Gasteiger charge is -2.37. The summed E-state index contributed by atoms with van der Waals surface area (Å²) in [5.41, 5.74) is 1.36. The summed E-state index contributed by atoms with van der Waals surface area (Å²) >= 11 is 7.83. The molecule has 4 heterocycles. The fourth-order valence-corrected chi connectivity index (χ4v) is 5.96. The Balaban J connectivity index is 1.58. The van der Waals surface area contributed by atoms with Gasteiger partial charge in [-0.25, -0.2) is 14.2 Å². The van der Waals surface area contributed by atoms with Crippen molar-refractivity contribution in [2.75, 3.05) is 26.9 Å². The number of carbonyl (C=O) groups excluding carboxylic acids is 2. The molecule has 2 fully saturated rings. The molecule has 2 N–H and O–H groups in total. The van der Waals surface area contributed by atoms with E-state index in [4.69, 9.17) is 26.1 Å². The second-order valence-electron chi connectivity index (χ2n) is 8.87.